The molecule has 1 aromatic carbocycles. The Balaban J connectivity index is 0.00000280. The van der Waals surface area contributed by atoms with Crippen LogP contribution in [0.5, 0.6) is 0 Å². The molecule has 9 heteroatoms. The van der Waals surface area contributed by atoms with E-state index < -0.39 is 0 Å². The molecule has 28 heavy (non-hydrogen) atoms. The first-order valence-corrected chi connectivity index (χ1v) is 10.8. The first-order chi connectivity index (χ1) is 13.1. The second-order valence-electron chi connectivity index (χ2n) is 6.12. The van der Waals surface area contributed by atoms with Gasteiger partial charge in [-0.05, 0) is 44.3 Å². The van der Waals surface area contributed by atoms with E-state index in [1.54, 1.807) is 33.2 Å². The Morgan fingerprint density at radius 2 is 1.93 bits per heavy atom. The molecule has 3 rings (SSSR count). The number of hydrogen-bond acceptors (Lipinski definition) is 5. The number of thiazole rings is 1. The van der Waals surface area contributed by atoms with E-state index in [-0.39, 0.29) is 18.3 Å². The predicted molar refractivity (Wildman–Crippen MR) is 122 cm³/mol. The lowest BCUT2D eigenvalue weighted by Gasteiger charge is -2.24. The van der Waals surface area contributed by atoms with Crippen molar-refractivity contribution in [3.05, 3.63) is 40.6 Å². The van der Waals surface area contributed by atoms with Crippen molar-refractivity contribution in [3.63, 3.8) is 0 Å². The number of hydrogen-bond donors (Lipinski definition) is 0. The van der Waals surface area contributed by atoms with Crippen LogP contribution in [0.2, 0.25) is 0 Å². The van der Waals surface area contributed by atoms with Gasteiger partial charge in [0.25, 0.3) is 5.91 Å². The van der Waals surface area contributed by atoms with Crippen molar-refractivity contribution in [2.45, 2.75) is 27.3 Å². The van der Waals surface area contributed by atoms with Crippen LogP contribution in [0.15, 0.2) is 34.9 Å². The van der Waals surface area contributed by atoms with E-state index in [1.165, 1.54) is 0 Å². The second-order valence-corrected chi connectivity index (χ2v) is 8.05. The van der Waals surface area contributed by atoms with Crippen LogP contribution in [-0.2, 0) is 6.54 Å². The van der Waals surface area contributed by atoms with Crippen molar-refractivity contribution in [1.82, 2.24) is 19.7 Å². The molecule has 0 saturated carbocycles. The van der Waals surface area contributed by atoms with Crippen LogP contribution >= 0.6 is 39.7 Å². The largest absolute Gasteiger partial charge is 0.302 e. The Bertz CT molecular complexity index is 924. The summed E-state index contributed by atoms with van der Waals surface area (Å²) in [5, 5.41) is 4.98. The number of fused-ring (bicyclic) bond motifs is 1. The summed E-state index contributed by atoms with van der Waals surface area (Å²) in [6.45, 7) is 10.2. The van der Waals surface area contributed by atoms with E-state index in [1.807, 2.05) is 25.1 Å². The van der Waals surface area contributed by atoms with Crippen molar-refractivity contribution < 1.29 is 4.79 Å². The molecule has 1 amide bonds. The topological polar surface area (TPSA) is 54.3 Å². The van der Waals surface area contributed by atoms with Gasteiger partial charge in [-0.2, -0.15) is 5.10 Å². The minimum Gasteiger partial charge on any atom is -0.302 e. The fourth-order valence-corrected chi connectivity index (χ4v) is 4.51. The number of amides is 1. The highest BCUT2D eigenvalue weighted by molar-refractivity contribution is 9.10. The second kappa shape index (κ2) is 10.3. The fraction of sp³-hybridized carbons (Fsp3) is 0.421. The number of aryl methyl sites for hydroxylation is 1. The van der Waals surface area contributed by atoms with E-state index in [2.05, 4.69) is 39.8 Å². The van der Waals surface area contributed by atoms with Crippen LogP contribution in [-0.4, -0.2) is 51.8 Å². The molecular weight excluding hydrogens is 462 g/mol. The Kier molecular flexibility index (Phi) is 8.42. The molecule has 2 aromatic heterocycles. The molecule has 0 atom stereocenters. The lowest BCUT2D eigenvalue weighted by atomic mass is 10.3. The number of anilines is 1. The van der Waals surface area contributed by atoms with Crippen molar-refractivity contribution in [2.24, 2.45) is 0 Å². The summed E-state index contributed by atoms with van der Waals surface area (Å²) in [5.41, 5.74) is 1.50. The summed E-state index contributed by atoms with van der Waals surface area (Å²) < 4.78 is 3.80. The zero-order chi connectivity index (χ0) is 19.4. The van der Waals surface area contributed by atoms with Gasteiger partial charge in [-0.15, -0.1) is 12.4 Å². The third-order valence-corrected chi connectivity index (χ3v) is 6.12. The van der Waals surface area contributed by atoms with Gasteiger partial charge in [0, 0.05) is 30.3 Å². The standard InChI is InChI=1S/C19H24BrN5OS.ClH/c1-4-23(5-2)11-12-24(18(26)16-9-10-21-25(16)6-3)19-22-15-8-7-14(20)13-17(15)27-19;/h7-10,13H,4-6,11-12H2,1-3H3;1H. The summed E-state index contributed by atoms with van der Waals surface area (Å²) in [6.07, 6.45) is 1.68. The summed E-state index contributed by atoms with van der Waals surface area (Å²) >= 11 is 5.05. The SMILES string of the molecule is CCN(CC)CCN(C(=O)c1ccnn1CC)c1nc2ccc(Br)cc2s1.Cl. The molecule has 0 N–H and O–H groups in total. The Labute approximate surface area is 184 Å². The number of carbonyl (C=O) groups is 1. The molecule has 0 unspecified atom stereocenters. The number of rotatable bonds is 8. The number of carbonyl (C=O) groups excluding carboxylic acids is 1. The molecule has 0 bridgehead atoms. The van der Waals surface area contributed by atoms with Crippen LogP contribution in [0.3, 0.4) is 0 Å². The van der Waals surface area contributed by atoms with Crippen molar-refractivity contribution in [2.75, 3.05) is 31.1 Å². The van der Waals surface area contributed by atoms with Gasteiger partial charge in [-0.3, -0.25) is 14.4 Å². The van der Waals surface area contributed by atoms with Crippen LogP contribution in [0.25, 0.3) is 10.2 Å². The molecule has 152 valence electrons. The zero-order valence-electron chi connectivity index (χ0n) is 16.3. The molecule has 0 radical (unpaired) electrons. The predicted octanol–water partition coefficient (Wildman–Crippen LogP) is 4.69. The molecule has 0 fully saturated rings. The van der Waals surface area contributed by atoms with Gasteiger partial charge in [-0.25, -0.2) is 4.98 Å². The summed E-state index contributed by atoms with van der Waals surface area (Å²) in [6, 6.07) is 7.77. The van der Waals surface area contributed by atoms with Gasteiger partial charge in [0.15, 0.2) is 5.13 Å². The highest BCUT2D eigenvalue weighted by atomic mass is 79.9. The maximum atomic E-state index is 13.3. The molecule has 0 spiro atoms. The van der Waals surface area contributed by atoms with Crippen molar-refractivity contribution in [3.8, 4) is 0 Å². The van der Waals surface area contributed by atoms with E-state index in [0.29, 0.717) is 18.8 Å². The van der Waals surface area contributed by atoms with Crippen LogP contribution in [0.4, 0.5) is 5.13 Å². The van der Waals surface area contributed by atoms with Gasteiger partial charge in [0.2, 0.25) is 0 Å². The smallest absolute Gasteiger partial charge is 0.278 e. The molecule has 0 saturated heterocycles. The quantitative estimate of drug-likeness (QED) is 0.464. The minimum absolute atomic E-state index is 0. The van der Waals surface area contributed by atoms with Gasteiger partial charge < -0.3 is 4.90 Å². The third-order valence-electron chi connectivity index (χ3n) is 4.58. The van der Waals surface area contributed by atoms with Gasteiger partial charge in [-0.1, -0.05) is 41.1 Å². The monoisotopic (exact) mass is 485 g/mol. The molecule has 0 aliphatic carbocycles. The molecule has 0 aliphatic rings. The first-order valence-electron chi connectivity index (χ1n) is 9.19. The maximum absolute atomic E-state index is 13.3. The number of halogens is 2. The van der Waals surface area contributed by atoms with Gasteiger partial charge in [0.1, 0.15) is 5.69 Å². The maximum Gasteiger partial charge on any atom is 0.278 e. The van der Waals surface area contributed by atoms with Crippen molar-refractivity contribution in [1.29, 1.82) is 0 Å². The highest BCUT2D eigenvalue weighted by Crippen LogP contribution is 2.31. The fourth-order valence-electron chi connectivity index (χ4n) is 2.97. The first kappa shape index (κ1) is 22.8. The van der Waals surface area contributed by atoms with E-state index in [9.17, 15) is 4.79 Å². The lowest BCUT2D eigenvalue weighted by molar-refractivity contribution is 0.0973. The molecular formula is C19H25BrClN5OS. The number of likely N-dealkylation sites (N-methyl/N-ethyl adjacent to an activating group) is 1. The van der Waals surface area contributed by atoms with Crippen LogP contribution in [0.1, 0.15) is 31.3 Å². The Morgan fingerprint density at radius 3 is 2.61 bits per heavy atom. The van der Waals surface area contributed by atoms with E-state index >= 15 is 0 Å². The minimum atomic E-state index is -0.0559. The summed E-state index contributed by atoms with van der Waals surface area (Å²) in [7, 11) is 0. The summed E-state index contributed by atoms with van der Waals surface area (Å²) in [4.78, 5) is 22.1. The molecule has 0 aliphatic heterocycles. The highest BCUT2D eigenvalue weighted by Gasteiger charge is 2.24. The van der Waals surface area contributed by atoms with Crippen molar-refractivity contribution >= 4 is 60.9 Å². The third kappa shape index (κ3) is 4.92. The summed E-state index contributed by atoms with van der Waals surface area (Å²) in [5.74, 6) is -0.0559. The Hall–Kier alpha value is -1.48. The van der Waals surface area contributed by atoms with E-state index in [0.717, 1.165) is 39.5 Å². The normalized spacial score (nSPS) is 11.0. The lowest BCUT2D eigenvalue weighted by Crippen LogP contribution is -2.39. The number of benzene rings is 1. The Morgan fingerprint density at radius 1 is 1.18 bits per heavy atom. The average molecular weight is 487 g/mol. The van der Waals surface area contributed by atoms with Crippen LogP contribution < -0.4 is 4.90 Å². The molecule has 6 nitrogen and oxygen atoms in total. The molecule has 3 aromatic rings. The number of aromatic nitrogens is 3. The van der Waals surface area contributed by atoms with Crippen LogP contribution in [0, 0.1) is 0 Å². The van der Waals surface area contributed by atoms with Gasteiger partial charge in [0.05, 0.1) is 10.2 Å². The number of nitrogens with zero attached hydrogens (tertiary/aromatic N) is 5. The average Bonchev–Trinajstić information content (AvgIpc) is 3.31. The molecule has 2 heterocycles. The van der Waals surface area contributed by atoms with Gasteiger partial charge >= 0.3 is 0 Å². The van der Waals surface area contributed by atoms with E-state index in [4.69, 9.17) is 4.98 Å². The zero-order valence-corrected chi connectivity index (χ0v) is 19.5.